The number of aryl methyl sites for hydroxylation is 1. The van der Waals surface area contributed by atoms with E-state index in [1.807, 2.05) is 79.8 Å². The van der Waals surface area contributed by atoms with Gasteiger partial charge in [-0.3, -0.25) is 0 Å². The summed E-state index contributed by atoms with van der Waals surface area (Å²) in [4.78, 5) is 23.5. The summed E-state index contributed by atoms with van der Waals surface area (Å²) in [6, 6.07) is 12.0. The standard InChI is InChI=1S/C30H32N8O3/c1-18-11-20(5-6-25(18)40-22-7-9-37-26(14-22)31-16-33-37)35-28-27-23(8-10-38(27)34-17-32-28)24-13-21-12-19(24)15-36(21)29(39)41-30(2,3)4/h5-11,14,16-17,19,21,24H,12-13,15H2,1-4H3,(H,32,34,35)/t19-,21-,24-/m1/s1. The van der Waals surface area contributed by atoms with Crippen LogP contribution in [0.3, 0.4) is 0 Å². The van der Waals surface area contributed by atoms with Gasteiger partial charge in [0.1, 0.15) is 35.3 Å². The van der Waals surface area contributed by atoms with Crippen LogP contribution in [0.25, 0.3) is 11.2 Å². The van der Waals surface area contributed by atoms with Gasteiger partial charge in [0.05, 0.1) is 0 Å². The Kier molecular flexibility index (Phi) is 5.84. The van der Waals surface area contributed by atoms with Crippen molar-refractivity contribution in [2.45, 2.75) is 58.1 Å². The number of aromatic nitrogens is 6. The molecule has 4 aromatic heterocycles. The molecule has 210 valence electrons. The fourth-order valence-corrected chi connectivity index (χ4v) is 6.21. The van der Waals surface area contributed by atoms with E-state index in [-0.39, 0.29) is 12.1 Å². The Labute approximate surface area is 237 Å². The third-order valence-electron chi connectivity index (χ3n) is 7.97. The molecule has 2 aliphatic rings. The molecule has 5 aromatic rings. The average molecular weight is 553 g/mol. The molecule has 11 nitrogen and oxygen atoms in total. The normalized spacial score (nSPS) is 20.2. The van der Waals surface area contributed by atoms with Crippen LogP contribution in [0.1, 0.15) is 50.7 Å². The van der Waals surface area contributed by atoms with Crippen LogP contribution >= 0.6 is 0 Å². The lowest BCUT2D eigenvalue weighted by atomic mass is 9.88. The summed E-state index contributed by atoms with van der Waals surface area (Å²) in [6.45, 7) is 8.45. The lowest BCUT2D eigenvalue weighted by Gasteiger charge is -2.33. The maximum atomic E-state index is 12.8. The second-order valence-corrected chi connectivity index (χ2v) is 11.9. The van der Waals surface area contributed by atoms with Gasteiger partial charge in [-0.25, -0.2) is 23.8 Å². The third kappa shape index (κ3) is 4.71. The van der Waals surface area contributed by atoms with Crippen molar-refractivity contribution >= 4 is 28.8 Å². The van der Waals surface area contributed by atoms with E-state index in [0.717, 1.165) is 46.8 Å². The highest BCUT2D eigenvalue weighted by Crippen LogP contribution is 2.49. The van der Waals surface area contributed by atoms with Crippen LogP contribution in [0, 0.1) is 12.8 Å². The topological polar surface area (TPSA) is 111 Å². The van der Waals surface area contributed by atoms with Gasteiger partial charge >= 0.3 is 6.09 Å². The van der Waals surface area contributed by atoms with Gasteiger partial charge in [-0.2, -0.15) is 10.2 Å². The van der Waals surface area contributed by atoms with E-state index in [0.29, 0.717) is 24.1 Å². The number of anilines is 2. The number of ether oxygens (including phenoxy) is 2. The minimum absolute atomic E-state index is 0.191. The molecule has 1 aromatic carbocycles. The Morgan fingerprint density at radius 1 is 1.00 bits per heavy atom. The number of nitrogens with one attached hydrogen (secondary N) is 1. The molecule has 0 spiro atoms. The van der Waals surface area contributed by atoms with Crippen LogP contribution in [0.4, 0.5) is 16.3 Å². The quantitative estimate of drug-likeness (QED) is 0.294. The average Bonchev–Trinajstić information content (AvgIpc) is 3.72. The number of hydrogen-bond donors (Lipinski definition) is 1. The van der Waals surface area contributed by atoms with Crippen molar-refractivity contribution in [3.05, 3.63) is 72.6 Å². The highest BCUT2D eigenvalue weighted by Gasteiger charge is 2.48. The Balaban J connectivity index is 1.10. The van der Waals surface area contributed by atoms with Gasteiger partial charge < -0.3 is 19.7 Å². The summed E-state index contributed by atoms with van der Waals surface area (Å²) in [5.41, 5.74) is 4.29. The predicted octanol–water partition coefficient (Wildman–Crippen LogP) is 5.73. The highest BCUT2D eigenvalue weighted by atomic mass is 16.6. The Morgan fingerprint density at radius 3 is 2.59 bits per heavy atom. The molecule has 11 heteroatoms. The summed E-state index contributed by atoms with van der Waals surface area (Å²) in [7, 11) is 0. The van der Waals surface area contributed by atoms with Crippen LogP contribution in [-0.4, -0.2) is 58.4 Å². The summed E-state index contributed by atoms with van der Waals surface area (Å²) < 4.78 is 15.4. The number of amides is 1. The summed E-state index contributed by atoms with van der Waals surface area (Å²) in [5.74, 6) is 2.91. The zero-order valence-electron chi connectivity index (χ0n) is 23.5. The molecule has 1 aliphatic heterocycles. The number of pyridine rings is 1. The smallest absolute Gasteiger partial charge is 0.410 e. The molecule has 2 fully saturated rings. The number of rotatable bonds is 5. The zero-order valence-corrected chi connectivity index (χ0v) is 23.5. The van der Waals surface area contributed by atoms with E-state index < -0.39 is 5.60 Å². The Bertz CT molecular complexity index is 1770. The fourth-order valence-electron chi connectivity index (χ4n) is 6.21. The van der Waals surface area contributed by atoms with E-state index in [4.69, 9.17) is 9.47 Å². The van der Waals surface area contributed by atoms with Crippen LogP contribution in [0.15, 0.2) is 61.4 Å². The lowest BCUT2D eigenvalue weighted by Crippen LogP contribution is -2.42. The van der Waals surface area contributed by atoms with Gasteiger partial charge in [0.15, 0.2) is 11.5 Å². The minimum atomic E-state index is -0.496. The van der Waals surface area contributed by atoms with Crippen molar-refractivity contribution in [3.63, 3.8) is 0 Å². The molecular formula is C30H32N8O3. The molecule has 1 amide bonds. The molecule has 1 N–H and O–H groups in total. The van der Waals surface area contributed by atoms with Crippen molar-refractivity contribution in [2.24, 2.45) is 5.92 Å². The fraction of sp³-hybridized carbons (Fsp3) is 0.367. The number of piperidine rings is 1. The second-order valence-electron chi connectivity index (χ2n) is 11.9. The van der Waals surface area contributed by atoms with Crippen LogP contribution in [-0.2, 0) is 4.74 Å². The molecule has 7 rings (SSSR count). The number of hydrogen-bond acceptors (Lipinski definition) is 8. The number of fused-ring (bicyclic) bond motifs is 4. The maximum absolute atomic E-state index is 12.8. The van der Waals surface area contributed by atoms with Crippen molar-refractivity contribution in [1.29, 1.82) is 0 Å². The molecule has 0 unspecified atom stereocenters. The van der Waals surface area contributed by atoms with Gasteiger partial charge in [-0.05, 0) is 93.8 Å². The molecule has 5 heterocycles. The predicted molar refractivity (Wildman–Crippen MR) is 153 cm³/mol. The highest BCUT2D eigenvalue weighted by molar-refractivity contribution is 5.78. The van der Waals surface area contributed by atoms with Gasteiger partial charge in [0, 0.05) is 36.7 Å². The van der Waals surface area contributed by atoms with Crippen LogP contribution < -0.4 is 10.1 Å². The molecule has 1 saturated carbocycles. The third-order valence-corrected chi connectivity index (χ3v) is 7.97. The van der Waals surface area contributed by atoms with Gasteiger partial charge in [0.2, 0.25) is 0 Å². The first-order valence-corrected chi connectivity index (χ1v) is 13.9. The number of carbonyl (C=O) groups is 1. The van der Waals surface area contributed by atoms with Gasteiger partial charge in [0.25, 0.3) is 0 Å². The minimum Gasteiger partial charge on any atom is -0.457 e. The van der Waals surface area contributed by atoms with E-state index in [1.54, 1.807) is 10.8 Å². The molecule has 41 heavy (non-hydrogen) atoms. The van der Waals surface area contributed by atoms with Gasteiger partial charge in [-0.15, -0.1) is 0 Å². The Morgan fingerprint density at radius 2 is 1.80 bits per heavy atom. The molecular weight excluding hydrogens is 520 g/mol. The number of likely N-dealkylation sites (tertiary alicyclic amines) is 1. The lowest BCUT2D eigenvalue weighted by molar-refractivity contribution is 0.0181. The van der Waals surface area contributed by atoms with E-state index >= 15 is 0 Å². The van der Waals surface area contributed by atoms with E-state index in [2.05, 4.69) is 31.5 Å². The van der Waals surface area contributed by atoms with Crippen molar-refractivity contribution in [3.8, 4) is 11.5 Å². The van der Waals surface area contributed by atoms with Crippen molar-refractivity contribution in [1.82, 2.24) is 34.1 Å². The Hall–Kier alpha value is -4.67. The summed E-state index contributed by atoms with van der Waals surface area (Å²) in [6.07, 6.45) is 8.58. The summed E-state index contributed by atoms with van der Waals surface area (Å²) in [5, 5.41) is 12.1. The largest absolute Gasteiger partial charge is 0.457 e. The SMILES string of the molecule is Cc1cc(Nc2ncnn3ccc([C@@H]4C[C@H]5C[C@@H]4CN5C(=O)OC(C)(C)C)c23)ccc1Oc1ccn2ncnc2c1. The second kappa shape index (κ2) is 9.46. The first-order chi connectivity index (χ1) is 19.7. The van der Waals surface area contributed by atoms with E-state index in [9.17, 15) is 4.79 Å². The monoisotopic (exact) mass is 552 g/mol. The summed E-state index contributed by atoms with van der Waals surface area (Å²) >= 11 is 0. The number of carbonyl (C=O) groups excluding carboxylic acids is 1. The van der Waals surface area contributed by atoms with Crippen LogP contribution in [0.2, 0.25) is 0 Å². The molecule has 1 saturated heterocycles. The van der Waals surface area contributed by atoms with Crippen molar-refractivity contribution in [2.75, 3.05) is 11.9 Å². The molecule has 0 radical (unpaired) electrons. The maximum Gasteiger partial charge on any atom is 0.410 e. The first kappa shape index (κ1) is 25.3. The van der Waals surface area contributed by atoms with E-state index in [1.165, 1.54) is 11.9 Å². The van der Waals surface area contributed by atoms with Crippen molar-refractivity contribution < 1.29 is 14.3 Å². The molecule has 2 bridgehead atoms. The molecule has 1 aliphatic carbocycles. The molecule has 3 atom stereocenters. The zero-order chi connectivity index (χ0) is 28.3. The van der Waals surface area contributed by atoms with Crippen LogP contribution in [0.5, 0.6) is 11.5 Å². The first-order valence-electron chi connectivity index (χ1n) is 13.9. The van der Waals surface area contributed by atoms with Gasteiger partial charge in [-0.1, -0.05) is 0 Å². The number of nitrogens with zero attached hydrogens (tertiary/aromatic N) is 7. The number of benzene rings is 1.